The summed E-state index contributed by atoms with van der Waals surface area (Å²) in [5.74, 6) is -1.12. The molecular weight excluding hydrogens is 425 g/mol. The van der Waals surface area contributed by atoms with E-state index in [1.165, 1.54) is 24.1 Å². The number of halogens is 2. The molecule has 1 N–H and O–H groups in total. The van der Waals surface area contributed by atoms with Gasteiger partial charge >= 0.3 is 0 Å². The van der Waals surface area contributed by atoms with Crippen LogP contribution in [0.4, 0.5) is 0 Å². The number of aliphatic hydroxyl groups is 1. The molecule has 1 amide bonds. The number of para-hydroxylation sites is 1. The topological polar surface area (TPSA) is 66.8 Å². The molecule has 1 heterocycles. The molecule has 3 rings (SSSR count). The number of ketones is 1. The number of benzene rings is 2. The van der Waals surface area contributed by atoms with Crippen LogP contribution in [0.5, 0.6) is 5.75 Å². The minimum absolute atomic E-state index is 0.0133. The van der Waals surface area contributed by atoms with Gasteiger partial charge in [-0.2, -0.15) is 0 Å². The molecule has 0 aliphatic carbocycles. The third-order valence-corrected chi connectivity index (χ3v) is 5.91. The van der Waals surface area contributed by atoms with Crippen molar-refractivity contribution in [2.24, 2.45) is 0 Å². The Morgan fingerprint density at radius 3 is 2.50 bits per heavy atom. The number of likely N-dealkylation sites (tertiary alicyclic amines) is 1. The van der Waals surface area contributed by atoms with Gasteiger partial charge in [0, 0.05) is 17.7 Å². The summed E-state index contributed by atoms with van der Waals surface area (Å²) in [5.41, 5.74) is 0.965. The van der Waals surface area contributed by atoms with Crippen LogP contribution in [0.15, 0.2) is 48.0 Å². The molecule has 30 heavy (non-hydrogen) atoms. The van der Waals surface area contributed by atoms with Crippen molar-refractivity contribution in [1.29, 1.82) is 0 Å². The fourth-order valence-electron chi connectivity index (χ4n) is 3.66. The van der Waals surface area contributed by atoms with Gasteiger partial charge in [-0.05, 0) is 30.7 Å². The number of methoxy groups -OCH3 is 1. The third kappa shape index (κ3) is 4.18. The number of amides is 1. The number of ether oxygens (including phenoxy) is 1. The Bertz CT molecular complexity index is 1000. The minimum atomic E-state index is -0.757. The van der Waals surface area contributed by atoms with Crippen LogP contribution in [0.2, 0.25) is 10.0 Å². The molecule has 1 saturated heterocycles. The maximum absolute atomic E-state index is 13.0. The highest BCUT2D eigenvalue weighted by atomic mass is 35.5. The molecule has 1 fully saturated rings. The molecule has 158 valence electrons. The lowest BCUT2D eigenvalue weighted by Gasteiger charge is -2.26. The average molecular weight is 448 g/mol. The van der Waals surface area contributed by atoms with Crippen LogP contribution in [0.3, 0.4) is 0 Å². The van der Waals surface area contributed by atoms with Crippen molar-refractivity contribution >= 4 is 40.7 Å². The molecule has 0 radical (unpaired) electrons. The highest BCUT2D eigenvalue weighted by Gasteiger charge is 2.46. The largest absolute Gasteiger partial charge is 0.507 e. The van der Waals surface area contributed by atoms with E-state index in [0.29, 0.717) is 28.4 Å². The Morgan fingerprint density at radius 2 is 1.83 bits per heavy atom. The normalized spacial score (nSPS) is 18.1. The molecule has 0 bridgehead atoms. The zero-order chi connectivity index (χ0) is 21.8. The smallest absolute Gasteiger partial charge is 0.295 e. The number of nitrogens with zero attached hydrogens (tertiary/aromatic N) is 1. The second-order valence-corrected chi connectivity index (χ2v) is 7.88. The van der Waals surface area contributed by atoms with E-state index in [1.54, 1.807) is 18.2 Å². The number of unbranched alkanes of at least 4 members (excludes halogenated alkanes) is 2. The van der Waals surface area contributed by atoms with Gasteiger partial charge in [0.1, 0.15) is 11.5 Å². The summed E-state index contributed by atoms with van der Waals surface area (Å²) in [6, 6.07) is 11.0. The summed E-state index contributed by atoms with van der Waals surface area (Å²) < 4.78 is 5.48. The predicted octanol–water partition coefficient (Wildman–Crippen LogP) is 5.61. The van der Waals surface area contributed by atoms with Crippen molar-refractivity contribution in [2.75, 3.05) is 13.7 Å². The first-order valence-corrected chi connectivity index (χ1v) is 10.5. The van der Waals surface area contributed by atoms with Gasteiger partial charge in [-0.15, -0.1) is 0 Å². The monoisotopic (exact) mass is 447 g/mol. The molecule has 1 aliphatic heterocycles. The van der Waals surface area contributed by atoms with Crippen LogP contribution < -0.4 is 4.74 Å². The quantitative estimate of drug-likeness (QED) is 0.259. The predicted molar refractivity (Wildman–Crippen MR) is 118 cm³/mol. The summed E-state index contributed by atoms with van der Waals surface area (Å²) in [5, 5.41) is 11.6. The summed E-state index contributed by atoms with van der Waals surface area (Å²) in [6.45, 7) is 2.47. The lowest BCUT2D eigenvalue weighted by atomic mass is 9.94. The number of hydrogen-bond donors (Lipinski definition) is 1. The number of carbonyl (C=O) groups excluding carboxylic acids is 2. The molecule has 0 spiro atoms. The number of hydrogen-bond acceptors (Lipinski definition) is 4. The van der Waals surface area contributed by atoms with E-state index >= 15 is 0 Å². The van der Waals surface area contributed by atoms with Crippen LogP contribution in [0.25, 0.3) is 5.76 Å². The Kier molecular flexibility index (Phi) is 7.06. The molecule has 1 atom stereocenters. The highest BCUT2D eigenvalue weighted by Crippen LogP contribution is 2.43. The van der Waals surface area contributed by atoms with E-state index in [1.807, 2.05) is 12.1 Å². The summed E-state index contributed by atoms with van der Waals surface area (Å²) in [4.78, 5) is 27.4. The molecule has 0 aromatic heterocycles. The van der Waals surface area contributed by atoms with Crippen LogP contribution in [-0.2, 0) is 9.59 Å². The second kappa shape index (κ2) is 9.54. The van der Waals surface area contributed by atoms with E-state index in [0.717, 1.165) is 19.3 Å². The van der Waals surface area contributed by atoms with Gasteiger partial charge in [-0.3, -0.25) is 9.59 Å². The van der Waals surface area contributed by atoms with E-state index in [-0.39, 0.29) is 16.4 Å². The van der Waals surface area contributed by atoms with Gasteiger partial charge in [0.15, 0.2) is 0 Å². The molecule has 5 nitrogen and oxygen atoms in total. The van der Waals surface area contributed by atoms with Gasteiger partial charge in [0.25, 0.3) is 11.7 Å². The molecule has 2 aromatic rings. The second-order valence-electron chi connectivity index (χ2n) is 7.07. The van der Waals surface area contributed by atoms with Crippen molar-refractivity contribution in [2.45, 2.75) is 32.2 Å². The SMILES string of the molecule is CCCCCN1C(=O)C(=O)/C(=C(/O)c2ccc(Cl)c(Cl)c2)C1c1ccccc1OC. The van der Waals surface area contributed by atoms with E-state index < -0.39 is 17.7 Å². The molecule has 2 aromatic carbocycles. The maximum atomic E-state index is 13.0. The van der Waals surface area contributed by atoms with Crippen molar-refractivity contribution in [3.05, 3.63) is 69.2 Å². The van der Waals surface area contributed by atoms with E-state index in [4.69, 9.17) is 27.9 Å². The molecular formula is C23H23Cl2NO4. The summed E-state index contributed by atoms with van der Waals surface area (Å²) >= 11 is 12.1. The van der Waals surface area contributed by atoms with Crippen LogP contribution >= 0.6 is 23.2 Å². The molecule has 7 heteroatoms. The molecule has 1 unspecified atom stereocenters. The van der Waals surface area contributed by atoms with Crippen molar-refractivity contribution in [3.63, 3.8) is 0 Å². The van der Waals surface area contributed by atoms with Crippen LogP contribution in [0.1, 0.15) is 43.4 Å². The van der Waals surface area contributed by atoms with Crippen molar-refractivity contribution < 1.29 is 19.4 Å². The fourth-order valence-corrected chi connectivity index (χ4v) is 3.96. The fraction of sp³-hybridized carbons (Fsp3) is 0.304. The number of rotatable bonds is 7. The Morgan fingerprint density at radius 1 is 1.10 bits per heavy atom. The first kappa shape index (κ1) is 22.2. The molecule has 1 aliphatic rings. The highest BCUT2D eigenvalue weighted by molar-refractivity contribution is 6.47. The Hall–Kier alpha value is -2.50. The van der Waals surface area contributed by atoms with Crippen LogP contribution in [0, 0.1) is 0 Å². The van der Waals surface area contributed by atoms with E-state index in [2.05, 4.69) is 6.92 Å². The van der Waals surface area contributed by atoms with Gasteiger partial charge in [-0.25, -0.2) is 0 Å². The first-order chi connectivity index (χ1) is 14.4. The average Bonchev–Trinajstić information content (AvgIpc) is 3.00. The van der Waals surface area contributed by atoms with E-state index in [9.17, 15) is 14.7 Å². The van der Waals surface area contributed by atoms with Gasteiger partial charge in [0.05, 0.1) is 28.8 Å². The van der Waals surface area contributed by atoms with Crippen LogP contribution in [-0.4, -0.2) is 35.4 Å². The third-order valence-electron chi connectivity index (χ3n) is 5.17. The number of carbonyl (C=O) groups is 2. The van der Waals surface area contributed by atoms with Gasteiger partial charge in [-0.1, -0.05) is 61.2 Å². The Balaban J connectivity index is 2.18. The lowest BCUT2D eigenvalue weighted by Crippen LogP contribution is -2.30. The van der Waals surface area contributed by atoms with Crippen molar-refractivity contribution in [3.8, 4) is 5.75 Å². The lowest BCUT2D eigenvalue weighted by molar-refractivity contribution is -0.139. The molecule has 0 saturated carbocycles. The summed E-state index contributed by atoms with van der Waals surface area (Å²) in [7, 11) is 1.53. The zero-order valence-electron chi connectivity index (χ0n) is 16.8. The zero-order valence-corrected chi connectivity index (χ0v) is 18.3. The minimum Gasteiger partial charge on any atom is -0.507 e. The maximum Gasteiger partial charge on any atom is 0.295 e. The van der Waals surface area contributed by atoms with Gasteiger partial charge in [0.2, 0.25) is 0 Å². The number of aliphatic hydroxyl groups excluding tert-OH is 1. The summed E-state index contributed by atoms with van der Waals surface area (Å²) in [6.07, 6.45) is 2.66. The first-order valence-electron chi connectivity index (χ1n) is 9.77. The Labute approximate surface area is 185 Å². The standard InChI is InChI=1S/C23H23Cl2NO4/c1-3-4-7-12-26-20(15-8-5-6-9-18(15)30-2)19(22(28)23(26)29)21(27)14-10-11-16(24)17(25)13-14/h5-6,8-11,13,20,27H,3-4,7,12H2,1-2H3/b21-19+. The van der Waals surface area contributed by atoms with Gasteiger partial charge < -0.3 is 14.7 Å². The number of Topliss-reactive ketones (excluding diaryl/α,β-unsaturated/α-hetero) is 1. The van der Waals surface area contributed by atoms with Crippen molar-refractivity contribution in [1.82, 2.24) is 4.90 Å².